The van der Waals surface area contributed by atoms with Crippen molar-refractivity contribution >= 4 is 8.32 Å². The Balaban J connectivity index is 4.61. The van der Waals surface area contributed by atoms with Crippen LogP contribution in [0.5, 0.6) is 0 Å². The molecule has 0 spiro atoms. The molecule has 0 aromatic rings. The van der Waals surface area contributed by atoms with Gasteiger partial charge in [-0.3, -0.25) is 0 Å². The Hall–Kier alpha value is -0.463. The predicted octanol–water partition coefficient (Wildman–Crippen LogP) is 5.44. The molecular weight excluding hydrogens is 344 g/mol. The molecule has 0 amide bonds. The first-order valence-corrected chi connectivity index (χ1v) is 12.6. The van der Waals surface area contributed by atoms with Crippen LogP contribution in [0.1, 0.15) is 60.8 Å². The van der Waals surface area contributed by atoms with Gasteiger partial charge in [0.2, 0.25) is 0 Å². The molecule has 0 aromatic heterocycles. The average Bonchev–Trinajstić information content (AvgIpc) is 2.48. The van der Waals surface area contributed by atoms with Gasteiger partial charge in [0.1, 0.15) is 6.79 Å². The lowest BCUT2D eigenvalue weighted by Crippen LogP contribution is -2.43. The molecule has 5 heteroatoms. The molecule has 3 atom stereocenters. The second-order valence-corrected chi connectivity index (χ2v) is 13.6. The summed E-state index contributed by atoms with van der Waals surface area (Å²) in [6.07, 6.45) is 7.66. The van der Waals surface area contributed by atoms with Gasteiger partial charge in [-0.1, -0.05) is 44.6 Å². The smallest absolute Gasteiger partial charge is 0.192 e. The molecule has 154 valence electrons. The van der Waals surface area contributed by atoms with Gasteiger partial charge in [-0.25, -0.2) is 0 Å². The van der Waals surface area contributed by atoms with E-state index in [4.69, 9.17) is 13.9 Å². The summed E-state index contributed by atoms with van der Waals surface area (Å²) in [5.41, 5.74) is 1.28. The van der Waals surface area contributed by atoms with Gasteiger partial charge in [0.25, 0.3) is 0 Å². The molecule has 26 heavy (non-hydrogen) atoms. The maximum Gasteiger partial charge on any atom is 0.192 e. The van der Waals surface area contributed by atoms with Crippen molar-refractivity contribution in [1.82, 2.24) is 0 Å². The predicted molar refractivity (Wildman–Crippen MR) is 113 cm³/mol. The summed E-state index contributed by atoms with van der Waals surface area (Å²) in [6.45, 7) is 17.7. The van der Waals surface area contributed by atoms with Crippen molar-refractivity contribution in [2.45, 2.75) is 97.2 Å². The Morgan fingerprint density at radius 3 is 2.31 bits per heavy atom. The SMILES string of the molecule is COCO[C@@H](CCC=C(C)C)[C@H](O)/C=C/C[C@H](C)O[Si](C)(C)C(C)(C)C. The van der Waals surface area contributed by atoms with Gasteiger partial charge in [-0.05, 0) is 58.2 Å². The summed E-state index contributed by atoms with van der Waals surface area (Å²) in [7, 11) is -0.165. The van der Waals surface area contributed by atoms with Gasteiger partial charge in [0, 0.05) is 13.2 Å². The van der Waals surface area contributed by atoms with Gasteiger partial charge < -0.3 is 19.0 Å². The van der Waals surface area contributed by atoms with Gasteiger partial charge in [-0.2, -0.15) is 0 Å². The highest BCUT2D eigenvalue weighted by molar-refractivity contribution is 6.74. The quantitative estimate of drug-likeness (QED) is 0.276. The second kappa shape index (κ2) is 12.1. The van der Waals surface area contributed by atoms with Crippen LogP contribution in [0.25, 0.3) is 0 Å². The first-order valence-electron chi connectivity index (χ1n) is 9.67. The van der Waals surface area contributed by atoms with Crippen LogP contribution in [-0.2, 0) is 13.9 Å². The Morgan fingerprint density at radius 1 is 1.19 bits per heavy atom. The molecule has 0 aliphatic rings. The Morgan fingerprint density at radius 2 is 1.81 bits per heavy atom. The van der Waals surface area contributed by atoms with Crippen molar-refractivity contribution in [3.05, 3.63) is 23.8 Å². The minimum absolute atomic E-state index is 0.142. The number of aliphatic hydroxyl groups is 1. The second-order valence-electron chi connectivity index (χ2n) is 8.81. The van der Waals surface area contributed by atoms with Gasteiger partial charge in [-0.15, -0.1) is 0 Å². The highest BCUT2D eigenvalue weighted by Crippen LogP contribution is 2.37. The van der Waals surface area contributed by atoms with Crippen molar-refractivity contribution in [2.24, 2.45) is 0 Å². The molecule has 0 aliphatic heterocycles. The molecule has 0 saturated carbocycles. The van der Waals surface area contributed by atoms with Crippen LogP contribution in [0, 0.1) is 0 Å². The standard InChI is InChI=1S/C21H42O4Si/c1-17(2)12-10-15-20(24-16-23-7)19(22)14-11-13-18(3)25-26(8,9)21(4,5)6/h11-12,14,18-20,22H,10,13,15-16H2,1-9H3/b14-11+/t18-,19+,20-/m0/s1. The van der Waals surface area contributed by atoms with Crippen LogP contribution in [0.2, 0.25) is 18.1 Å². The van der Waals surface area contributed by atoms with E-state index < -0.39 is 14.4 Å². The Bertz CT molecular complexity index is 434. The van der Waals surface area contributed by atoms with Crippen molar-refractivity contribution in [2.75, 3.05) is 13.9 Å². The van der Waals surface area contributed by atoms with Crippen molar-refractivity contribution in [3.63, 3.8) is 0 Å². The summed E-state index contributed by atoms with van der Waals surface area (Å²) in [5, 5.41) is 10.7. The molecule has 0 aliphatic carbocycles. The van der Waals surface area contributed by atoms with E-state index in [1.54, 1.807) is 7.11 Å². The lowest BCUT2D eigenvalue weighted by molar-refractivity contribution is -0.104. The van der Waals surface area contributed by atoms with Crippen LogP contribution in [0.4, 0.5) is 0 Å². The normalized spacial score (nSPS) is 16.5. The van der Waals surface area contributed by atoms with Crippen LogP contribution >= 0.6 is 0 Å². The van der Waals surface area contributed by atoms with Crippen molar-refractivity contribution < 1.29 is 19.0 Å². The molecule has 0 heterocycles. The third kappa shape index (κ3) is 10.6. The average molecular weight is 387 g/mol. The van der Waals surface area contributed by atoms with Gasteiger partial charge in [0.15, 0.2) is 8.32 Å². The molecule has 0 unspecified atom stereocenters. The summed E-state index contributed by atoms with van der Waals surface area (Å²) in [4.78, 5) is 0. The number of rotatable bonds is 12. The number of ether oxygens (including phenoxy) is 2. The molecule has 0 fully saturated rings. The van der Waals surface area contributed by atoms with E-state index in [0.29, 0.717) is 0 Å². The maximum absolute atomic E-state index is 10.5. The van der Waals surface area contributed by atoms with E-state index in [2.05, 4.69) is 60.7 Å². The highest BCUT2D eigenvalue weighted by atomic mass is 28.4. The van der Waals surface area contributed by atoms with Crippen LogP contribution in [0.3, 0.4) is 0 Å². The first-order chi connectivity index (χ1) is 11.9. The lowest BCUT2D eigenvalue weighted by Gasteiger charge is -2.38. The monoisotopic (exact) mass is 386 g/mol. The fraction of sp³-hybridized carbons (Fsp3) is 0.810. The van der Waals surface area contributed by atoms with Crippen molar-refractivity contribution in [3.8, 4) is 0 Å². The first kappa shape index (κ1) is 25.5. The molecule has 0 bridgehead atoms. The summed E-state index contributed by atoms with van der Waals surface area (Å²) >= 11 is 0. The summed E-state index contributed by atoms with van der Waals surface area (Å²) in [6, 6.07) is 0. The van der Waals surface area contributed by atoms with Crippen molar-refractivity contribution in [1.29, 1.82) is 0 Å². The molecular formula is C21H42O4Si. The Labute approximate surface area is 162 Å². The third-order valence-electron chi connectivity index (χ3n) is 4.89. The molecule has 1 N–H and O–H groups in total. The minimum Gasteiger partial charge on any atom is -0.414 e. The number of methoxy groups -OCH3 is 1. The molecule has 0 saturated heterocycles. The van der Waals surface area contributed by atoms with Gasteiger partial charge in [0.05, 0.1) is 12.2 Å². The fourth-order valence-electron chi connectivity index (χ4n) is 2.31. The number of aliphatic hydroxyl groups excluding tert-OH is 1. The topological polar surface area (TPSA) is 47.9 Å². The number of hydrogen-bond acceptors (Lipinski definition) is 4. The zero-order valence-corrected chi connectivity index (χ0v) is 19.5. The number of allylic oxidation sites excluding steroid dienone is 2. The molecule has 0 aromatic carbocycles. The molecule has 0 radical (unpaired) electrons. The third-order valence-corrected chi connectivity index (χ3v) is 9.49. The number of hydrogen-bond donors (Lipinski definition) is 1. The fourth-order valence-corrected chi connectivity index (χ4v) is 3.76. The molecule has 4 nitrogen and oxygen atoms in total. The lowest BCUT2D eigenvalue weighted by atomic mass is 10.1. The van der Waals surface area contributed by atoms with E-state index >= 15 is 0 Å². The van der Waals surface area contributed by atoms with Crippen LogP contribution in [0.15, 0.2) is 23.8 Å². The van der Waals surface area contributed by atoms with E-state index in [9.17, 15) is 5.11 Å². The van der Waals surface area contributed by atoms with E-state index in [1.165, 1.54) is 5.57 Å². The largest absolute Gasteiger partial charge is 0.414 e. The van der Waals surface area contributed by atoms with Crippen LogP contribution < -0.4 is 0 Å². The minimum atomic E-state index is -1.76. The summed E-state index contributed by atoms with van der Waals surface area (Å²) in [5.74, 6) is 0. The van der Waals surface area contributed by atoms with E-state index in [-0.39, 0.29) is 24.0 Å². The van der Waals surface area contributed by atoms with E-state index in [1.807, 2.05) is 12.2 Å². The maximum atomic E-state index is 10.5. The summed E-state index contributed by atoms with van der Waals surface area (Å²) < 4.78 is 17.0. The van der Waals surface area contributed by atoms with Gasteiger partial charge >= 0.3 is 0 Å². The molecule has 0 rings (SSSR count). The van der Waals surface area contributed by atoms with Crippen LogP contribution in [-0.4, -0.2) is 45.6 Å². The zero-order valence-electron chi connectivity index (χ0n) is 18.5. The Kier molecular flexibility index (Phi) is 11.9. The zero-order chi connectivity index (χ0) is 20.4. The highest BCUT2D eigenvalue weighted by Gasteiger charge is 2.38. The van der Waals surface area contributed by atoms with E-state index in [0.717, 1.165) is 19.3 Å².